The number of piperidine rings is 1. The molecule has 2 aromatic rings. The summed E-state index contributed by atoms with van der Waals surface area (Å²) in [5.41, 5.74) is 0.760. The molecule has 7 nitrogen and oxygen atoms in total. The first kappa shape index (κ1) is 24.0. The molecule has 1 aromatic heterocycles. The molecule has 172 valence electrons. The normalized spacial score (nSPS) is 16.1. The van der Waals surface area contributed by atoms with Crippen molar-refractivity contribution in [1.82, 2.24) is 19.9 Å². The van der Waals surface area contributed by atoms with E-state index in [0.29, 0.717) is 36.2 Å². The highest BCUT2D eigenvalue weighted by molar-refractivity contribution is 6.30. The third kappa shape index (κ3) is 6.19. The number of benzene rings is 1. The van der Waals surface area contributed by atoms with Crippen molar-refractivity contribution < 1.29 is 14.1 Å². The monoisotopic (exact) mass is 458 g/mol. The maximum Gasteiger partial charge on any atom is 0.249 e. The van der Waals surface area contributed by atoms with Crippen molar-refractivity contribution in [2.24, 2.45) is 0 Å². The van der Waals surface area contributed by atoms with Crippen molar-refractivity contribution >= 4 is 23.4 Å². The molecule has 8 heteroatoms. The summed E-state index contributed by atoms with van der Waals surface area (Å²) in [4.78, 5) is 33.7. The average molecular weight is 459 g/mol. The molecule has 1 aromatic carbocycles. The van der Waals surface area contributed by atoms with Gasteiger partial charge in [0.2, 0.25) is 23.5 Å². The second-order valence-corrected chi connectivity index (χ2v) is 8.52. The van der Waals surface area contributed by atoms with Gasteiger partial charge in [0.1, 0.15) is 12.6 Å². The minimum atomic E-state index is -0.294. The fourth-order valence-electron chi connectivity index (χ4n) is 3.95. The van der Waals surface area contributed by atoms with E-state index in [1.807, 2.05) is 12.1 Å². The second-order valence-electron chi connectivity index (χ2n) is 8.09. The van der Waals surface area contributed by atoms with Crippen LogP contribution in [0.4, 0.5) is 0 Å². The van der Waals surface area contributed by atoms with Gasteiger partial charge in [0.15, 0.2) is 0 Å². The molecule has 0 saturated carbocycles. The molecule has 0 N–H and O–H groups in total. The summed E-state index contributed by atoms with van der Waals surface area (Å²) in [6, 6.07) is 6.96. The van der Waals surface area contributed by atoms with Gasteiger partial charge in [-0.15, -0.1) is 6.58 Å². The quantitative estimate of drug-likeness (QED) is 0.368. The number of likely N-dealkylation sites (tertiary alicyclic amines) is 1. The summed E-state index contributed by atoms with van der Waals surface area (Å²) < 4.78 is 5.55. The van der Waals surface area contributed by atoms with Crippen LogP contribution in [0.15, 0.2) is 41.4 Å². The van der Waals surface area contributed by atoms with Crippen molar-refractivity contribution in [3.05, 3.63) is 47.8 Å². The van der Waals surface area contributed by atoms with Gasteiger partial charge in [0, 0.05) is 30.1 Å². The first-order valence-corrected chi connectivity index (χ1v) is 11.7. The van der Waals surface area contributed by atoms with Crippen LogP contribution >= 0.6 is 11.6 Å². The van der Waals surface area contributed by atoms with Gasteiger partial charge in [0.25, 0.3) is 0 Å². The molecule has 1 saturated heterocycles. The summed E-state index contributed by atoms with van der Waals surface area (Å²) in [7, 11) is 0. The Morgan fingerprint density at radius 2 is 2.19 bits per heavy atom. The predicted molar refractivity (Wildman–Crippen MR) is 124 cm³/mol. The Bertz CT molecular complexity index is 929. The minimum Gasteiger partial charge on any atom is -0.337 e. The molecule has 3 rings (SSSR count). The van der Waals surface area contributed by atoms with Crippen molar-refractivity contribution in [1.29, 1.82) is 0 Å². The minimum absolute atomic E-state index is 0.0127. The smallest absolute Gasteiger partial charge is 0.249 e. The lowest BCUT2D eigenvalue weighted by molar-refractivity contribution is -0.143. The summed E-state index contributed by atoms with van der Waals surface area (Å²) in [6.45, 7) is 6.82. The zero-order valence-corrected chi connectivity index (χ0v) is 19.4. The molecule has 0 radical (unpaired) electrons. The fraction of sp³-hybridized carbons (Fsp3) is 0.500. The number of nitrogens with zero attached hydrogens (tertiary/aromatic N) is 4. The number of hydrogen-bond donors (Lipinski definition) is 0. The van der Waals surface area contributed by atoms with E-state index in [2.05, 4.69) is 23.6 Å². The number of aromatic nitrogens is 2. The van der Waals surface area contributed by atoms with E-state index in [-0.39, 0.29) is 24.4 Å². The largest absolute Gasteiger partial charge is 0.337 e. The first-order chi connectivity index (χ1) is 15.5. The van der Waals surface area contributed by atoms with E-state index in [1.54, 1.807) is 28.0 Å². The van der Waals surface area contributed by atoms with Crippen LogP contribution in [0.2, 0.25) is 5.02 Å². The lowest BCUT2D eigenvalue weighted by Gasteiger charge is -2.35. The van der Waals surface area contributed by atoms with E-state index in [9.17, 15) is 9.59 Å². The summed E-state index contributed by atoms with van der Waals surface area (Å²) >= 11 is 6.08. The van der Waals surface area contributed by atoms with Crippen molar-refractivity contribution in [2.75, 3.05) is 19.6 Å². The van der Waals surface area contributed by atoms with Crippen LogP contribution in [-0.2, 0) is 9.59 Å². The molecule has 0 aliphatic carbocycles. The Hall–Kier alpha value is -2.67. The molecule has 0 spiro atoms. The van der Waals surface area contributed by atoms with Crippen molar-refractivity contribution in [3.8, 4) is 11.4 Å². The Morgan fingerprint density at radius 3 is 2.94 bits per heavy atom. The molecule has 32 heavy (non-hydrogen) atoms. The number of rotatable bonds is 10. The highest BCUT2D eigenvalue weighted by Gasteiger charge is 2.33. The van der Waals surface area contributed by atoms with Gasteiger partial charge in [-0.1, -0.05) is 54.7 Å². The van der Waals surface area contributed by atoms with Gasteiger partial charge in [-0.05, 0) is 37.8 Å². The van der Waals surface area contributed by atoms with E-state index >= 15 is 0 Å². The van der Waals surface area contributed by atoms with Crippen LogP contribution in [0.1, 0.15) is 63.8 Å². The van der Waals surface area contributed by atoms with Crippen molar-refractivity contribution in [3.63, 3.8) is 0 Å². The first-order valence-electron chi connectivity index (χ1n) is 11.3. The zero-order chi connectivity index (χ0) is 22.9. The highest BCUT2D eigenvalue weighted by Crippen LogP contribution is 2.31. The van der Waals surface area contributed by atoms with Gasteiger partial charge < -0.3 is 14.3 Å². The SMILES string of the molecule is C=CCN(CC(=O)N1CCCCC1c1nc(-c2cccc(Cl)c2)no1)C(=O)CCCCC. The van der Waals surface area contributed by atoms with E-state index in [1.165, 1.54) is 0 Å². The van der Waals surface area contributed by atoms with Crippen LogP contribution in [0, 0.1) is 0 Å². The maximum atomic E-state index is 13.2. The average Bonchev–Trinajstić information content (AvgIpc) is 3.29. The van der Waals surface area contributed by atoms with Gasteiger partial charge in [-0.2, -0.15) is 4.98 Å². The Morgan fingerprint density at radius 1 is 1.34 bits per heavy atom. The van der Waals surface area contributed by atoms with Gasteiger partial charge in [-0.3, -0.25) is 9.59 Å². The molecular formula is C24H31ClN4O3. The van der Waals surface area contributed by atoms with Crippen LogP contribution in [0.25, 0.3) is 11.4 Å². The second kappa shape index (κ2) is 11.8. The molecule has 1 aliphatic heterocycles. The third-order valence-corrected chi connectivity index (χ3v) is 5.89. The summed E-state index contributed by atoms with van der Waals surface area (Å²) in [6.07, 6.45) is 7.61. The predicted octanol–water partition coefficient (Wildman–Crippen LogP) is 5.04. The lowest BCUT2D eigenvalue weighted by atomic mass is 10.0. The summed E-state index contributed by atoms with van der Waals surface area (Å²) in [5, 5.41) is 4.69. The third-order valence-electron chi connectivity index (χ3n) is 5.66. The summed E-state index contributed by atoms with van der Waals surface area (Å²) in [5.74, 6) is 0.738. The van der Waals surface area contributed by atoms with E-state index < -0.39 is 0 Å². The molecule has 1 aliphatic rings. The Balaban J connectivity index is 1.72. The van der Waals surface area contributed by atoms with Crippen LogP contribution in [0.3, 0.4) is 0 Å². The van der Waals surface area contributed by atoms with Gasteiger partial charge in [-0.25, -0.2) is 0 Å². The number of carbonyl (C=O) groups is 2. The number of unbranched alkanes of at least 4 members (excludes halogenated alkanes) is 2. The molecule has 2 heterocycles. The Labute approximate surface area is 194 Å². The number of halogens is 1. The number of amides is 2. The van der Waals surface area contributed by atoms with Crippen LogP contribution in [0.5, 0.6) is 0 Å². The van der Waals surface area contributed by atoms with E-state index in [0.717, 1.165) is 44.1 Å². The highest BCUT2D eigenvalue weighted by atomic mass is 35.5. The Kier molecular flexibility index (Phi) is 8.85. The number of hydrogen-bond acceptors (Lipinski definition) is 5. The maximum absolute atomic E-state index is 13.2. The molecular weight excluding hydrogens is 428 g/mol. The molecule has 0 bridgehead atoms. The molecule has 1 unspecified atom stereocenters. The number of carbonyl (C=O) groups excluding carboxylic acids is 2. The van der Waals surface area contributed by atoms with E-state index in [4.69, 9.17) is 16.1 Å². The van der Waals surface area contributed by atoms with Gasteiger partial charge in [0.05, 0.1) is 0 Å². The van der Waals surface area contributed by atoms with Crippen LogP contribution < -0.4 is 0 Å². The fourth-order valence-corrected chi connectivity index (χ4v) is 4.14. The van der Waals surface area contributed by atoms with Crippen LogP contribution in [-0.4, -0.2) is 51.4 Å². The standard InChI is InChI=1S/C24H31ClN4O3/c1-3-5-6-13-21(30)28(14-4-2)17-22(31)29-15-8-7-12-20(29)24-26-23(27-32-24)18-10-9-11-19(25)16-18/h4,9-11,16,20H,2-3,5-8,12-15,17H2,1H3. The zero-order valence-electron chi connectivity index (χ0n) is 18.6. The lowest BCUT2D eigenvalue weighted by Crippen LogP contribution is -2.46. The molecule has 1 atom stereocenters. The van der Waals surface area contributed by atoms with Gasteiger partial charge >= 0.3 is 0 Å². The molecule has 2 amide bonds. The molecule has 1 fully saturated rings. The van der Waals surface area contributed by atoms with Crippen molar-refractivity contribution in [2.45, 2.75) is 57.9 Å². The topological polar surface area (TPSA) is 79.5 Å².